The lowest BCUT2D eigenvalue weighted by Gasteiger charge is -2.35. The summed E-state index contributed by atoms with van der Waals surface area (Å²) in [7, 11) is 1.66. The van der Waals surface area contributed by atoms with Gasteiger partial charge in [-0.1, -0.05) is 6.92 Å². The number of carbonyl (C=O) groups is 1. The van der Waals surface area contributed by atoms with E-state index >= 15 is 0 Å². The van der Waals surface area contributed by atoms with Crippen LogP contribution in [0.25, 0.3) is 0 Å². The lowest BCUT2D eigenvalue weighted by Crippen LogP contribution is -2.41. The minimum absolute atomic E-state index is 0.00300. The van der Waals surface area contributed by atoms with E-state index < -0.39 is 0 Å². The first-order valence-electron chi connectivity index (χ1n) is 7.45. The molecule has 0 bridgehead atoms. The molecule has 0 unspecified atom stereocenters. The predicted octanol–water partition coefficient (Wildman–Crippen LogP) is -0.0321. The van der Waals surface area contributed by atoms with Gasteiger partial charge >= 0.3 is 0 Å². The first-order valence-corrected chi connectivity index (χ1v) is 7.45. The number of methoxy groups -OCH3 is 1. The fourth-order valence-corrected chi connectivity index (χ4v) is 2.89. The van der Waals surface area contributed by atoms with Gasteiger partial charge in [0.25, 0.3) is 0 Å². The van der Waals surface area contributed by atoms with Gasteiger partial charge in [0.15, 0.2) is 5.82 Å². The van der Waals surface area contributed by atoms with Crippen molar-refractivity contribution in [2.24, 2.45) is 11.7 Å². The van der Waals surface area contributed by atoms with Crippen molar-refractivity contribution in [2.75, 3.05) is 26.8 Å². The number of likely N-dealkylation sites (tertiary alicyclic amines) is 1. The normalized spacial score (nSPS) is 18.8. The molecule has 0 saturated carbocycles. The Labute approximate surface area is 124 Å². The molecule has 1 aliphatic heterocycles. The van der Waals surface area contributed by atoms with Crippen LogP contribution in [0.1, 0.15) is 38.1 Å². The molecule has 1 amide bonds. The van der Waals surface area contributed by atoms with Gasteiger partial charge in [0.05, 0.1) is 19.2 Å². The Morgan fingerprint density at radius 2 is 2.19 bits per heavy atom. The molecule has 8 heteroatoms. The van der Waals surface area contributed by atoms with Crippen LogP contribution in [-0.4, -0.2) is 57.8 Å². The molecule has 118 valence electrons. The van der Waals surface area contributed by atoms with E-state index in [9.17, 15) is 4.79 Å². The number of nitrogens with zero attached hydrogens (tertiary/aromatic N) is 5. The van der Waals surface area contributed by atoms with Gasteiger partial charge in [0.1, 0.15) is 0 Å². The van der Waals surface area contributed by atoms with Crippen LogP contribution in [0.4, 0.5) is 0 Å². The third-order valence-electron chi connectivity index (χ3n) is 4.12. The molecule has 1 saturated heterocycles. The minimum Gasteiger partial charge on any atom is -0.383 e. The first-order chi connectivity index (χ1) is 10.2. The van der Waals surface area contributed by atoms with Crippen molar-refractivity contribution in [1.29, 1.82) is 0 Å². The minimum atomic E-state index is -0.187. The molecule has 1 aliphatic rings. The summed E-state index contributed by atoms with van der Waals surface area (Å²) in [5.41, 5.74) is 5.39. The number of primary amides is 1. The Morgan fingerprint density at radius 3 is 2.76 bits per heavy atom. The Kier molecular flexibility index (Phi) is 5.63. The zero-order chi connectivity index (χ0) is 15.2. The molecule has 0 spiro atoms. The molecule has 1 aromatic heterocycles. The second-order valence-corrected chi connectivity index (χ2v) is 5.39. The van der Waals surface area contributed by atoms with Gasteiger partial charge in [-0.3, -0.25) is 9.69 Å². The molecule has 21 heavy (non-hydrogen) atoms. The van der Waals surface area contributed by atoms with Gasteiger partial charge in [0.2, 0.25) is 5.91 Å². The Bertz CT molecular complexity index is 455. The van der Waals surface area contributed by atoms with Crippen LogP contribution >= 0.6 is 0 Å². The number of aromatic nitrogens is 4. The zero-order valence-electron chi connectivity index (χ0n) is 12.7. The molecule has 0 aromatic carbocycles. The van der Waals surface area contributed by atoms with Gasteiger partial charge in [0, 0.05) is 13.0 Å². The SMILES string of the molecule is CC[C@@H](c1nnnn1CCOC)N1CCC(C(N)=O)CC1. The zero-order valence-corrected chi connectivity index (χ0v) is 12.7. The number of rotatable bonds is 7. The smallest absolute Gasteiger partial charge is 0.220 e. The first kappa shape index (κ1) is 15.8. The molecule has 0 radical (unpaired) electrons. The summed E-state index contributed by atoms with van der Waals surface area (Å²) in [6.07, 6.45) is 2.55. The fourth-order valence-electron chi connectivity index (χ4n) is 2.89. The third kappa shape index (κ3) is 3.76. The molecule has 8 nitrogen and oxygen atoms in total. The van der Waals surface area contributed by atoms with Crippen molar-refractivity contribution in [2.45, 2.75) is 38.8 Å². The van der Waals surface area contributed by atoms with E-state index in [4.69, 9.17) is 10.5 Å². The van der Waals surface area contributed by atoms with Crippen molar-refractivity contribution < 1.29 is 9.53 Å². The maximum Gasteiger partial charge on any atom is 0.220 e. The lowest BCUT2D eigenvalue weighted by atomic mass is 9.94. The number of carbonyl (C=O) groups excluding carboxylic acids is 1. The highest BCUT2D eigenvalue weighted by atomic mass is 16.5. The van der Waals surface area contributed by atoms with Crippen molar-refractivity contribution in [3.8, 4) is 0 Å². The molecule has 2 heterocycles. The monoisotopic (exact) mass is 296 g/mol. The maximum atomic E-state index is 11.3. The number of ether oxygens (including phenoxy) is 1. The standard InChI is InChI=1S/C13H24N6O2/c1-3-11(13-15-16-17-19(13)8-9-21-2)18-6-4-10(5-7-18)12(14)20/h10-11H,3-9H2,1-2H3,(H2,14,20)/t11-/m0/s1. The summed E-state index contributed by atoms with van der Waals surface area (Å²) >= 11 is 0. The van der Waals surface area contributed by atoms with Gasteiger partial charge < -0.3 is 10.5 Å². The van der Waals surface area contributed by atoms with Crippen LogP contribution in [0.15, 0.2) is 0 Å². The molecular formula is C13H24N6O2. The fraction of sp³-hybridized carbons (Fsp3) is 0.846. The molecule has 2 rings (SSSR count). The van der Waals surface area contributed by atoms with Crippen LogP contribution in [0.5, 0.6) is 0 Å². The Morgan fingerprint density at radius 1 is 1.48 bits per heavy atom. The maximum absolute atomic E-state index is 11.3. The Balaban J connectivity index is 2.03. The van der Waals surface area contributed by atoms with Gasteiger partial charge in [-0.15, -0.1) is 5.10 Å². The van der Waals surface area contributed by atoms with Crippen molar-refractivity contribution in [3.63, 3.8) is 0 Å². The summed E-state index contributed by atoms with van der Waals surface area (Å²) in [6.45, 7) is 5.05. The van der Waals surface area contributed by atoms with Gasteiger partial charge in [-0.05, 0) is 42.8 Å². The van der Waals surface area contributed by atoms with Gasteiger partial charge in [-0.2, -0.15) is 0 Å². The second-order valence-electron chi connectivity index (χ2n) is 5.39. The summed E-state index contributed by atoms with van der Waals surface area (Å²) in [4.78, 5) is 13.6. The van der Waals surface area contributed by atoms with Crippen LogP contribution < -0.4 is 5.73 Å². The highest BCUT2D eigenvalue weighted by Gasteiger charge is 2.30. The summed E-state index contributed by atoms with van der Waals surface area (Å²) in [5.74, 6) is 0.683. The number of amides is 1. The van der Waals surface area contributed by atoms with Crippen LogP contribution in [0.3, 0.4) is 0 Å². The van der Waals surface area contributed by atoms with Crippen molar-refractivity contribution in [1.82, 2.24) is 25.1 Å². The number of piperidine rings is 1. The molecule has 1 atom stereocenters. The number of nitrogens with two attached hydrogens (primary N) is 1. The van der Waals surface area contributed by atoms with E-state index in [-0.39, 0.29) is 17.9 Å². The summed E-state index contributed by atoms with van der Waals surface area (Å²) in [6, 6.07) is 0.172. The van der Waals surface area contributed by atoms with Crippen LogP contribution in [0, 0.1) is 5.92 Å². The lowest BCUT2D eigenvalue weighted by molar-refractivity contribution is -0.123. The van der Waals surface area contributed by atoms with E-state index in [2.05, 4.69) is 27.3 Å². The highest BCUT2D eigenvalue weighted by Crippen LogP contribution is 2.27. The highest BCUT2D eigenvalue weighted by molar-refractivity contribution is 5.76. The van der Waals surface area contributed by atoms with Crippen LogP contribution in [-0.2, 0) is 16.1 Å². The molecule has 1 aromatic rings. The van der Waals surface area contributed by atoms with Crippen molar-refractivity contribution in [3.05, 3.63) is 5.82 Å². The molecular weight excluding hydrogens is 272 g/mol. The van der Waals surface area contributed by atoms with E-state index in [0.717, 1.165) is 38.2 Å². The molecule has 1 fully saturated rings. The predicted molar refractivity (Wildman–Crippen MR) is 76.2 cm³/mol. The van der Waals surface area contributed by atoms with Gasteiger partial charge in [-0.25, -0.2) is 4.68 Å². The topological polar surface area (TPSA) is 99.2 Å². The van der Waals surface area contributed by atoms with E-state index in [1.807, 2.05) is 0 Å². The second kappa shape index (κ2) is 7.46. The van der Waals surface area contributed by atoms with E-state index in [1.165, 1.54) is 0 Å². The van der Waals surface area contributed by atoms with Crippen molar-refractivity contribution >= 4 is 5.91 Å². The quantitative estimate of drug-likeness (QED) is 0.758. The van der Waals surface area contributed by atoms with E-state index in [1.54, 1.807) is 11.8 Å². The summed E-state index contributed by atoms with van der Waals surface area (Å²) in [5, 5.41) is 12.0. The Hall–Kier alpha value is -1.54. The van der Waals surface area contributed by atoms with E-state index in [0.29, 0.717) is 13.2 Å². The third-order valence-corrected chi connectivity index (χ3v) is 4.12. The molecule has 2 N–H and O–H groups in total. The summed E-state index contributed by atoms with van der Waals surface area (Å²) < 4.78 is 6.89. The number of tetrazole rings is 1. The van der Waals surface area contributed by atoms with Crippen LogP contribution in [0.2, 0.25) is 0 Å². The molecule has 0 aliphatic carbocycles. The largest absolute Gasteiger partial charge is 0.383 e. The number of hydrogen-bond donors (Lipinski definition) is 1. The number of hydrogen-bond acceptors (Lipinski definition) is 6. The average Bonchev–Trinajstić information content (AvgIpc) is 2.95. The average molecular weight is 296 g/mol.